The van der Waals surface area contributed by atoms with Gasteiger partial charge in [-0.25, -0.2) is 0 Å². The minimum Gasteiger partial charge on any atom is -0.508 e. The molecule has 14 heavy (non-hydrogen) atoms. The van der Waals surface area contributed by atoms with E-state index < -0.39 is 0 Å². The Morgan fingerprint density at radius 1 is 1.36 bits per heavy atom. The van der Waals surface area contributed by atoms with Crippen LogP contribution >= 0.6 is 11.8 Å². The van der Waals surface area contributed by atoms with Crippen molar-refractivity contribution in [1.82, 2.24) is 5.32 Å². The van der Waals surface area contributed by atoms with Crippen molar-refractivity contribution in [2.24, 2.45) is 0 Å². The number of hydrogen-bond donors (Lipinski definition) is 2. The normalized spacial score (nSPS) is 10.4. The van der Waals surface area contributed by atoms with Gasteiger partial charge in [-0.2, -0.15) is 11.8 Å². The van der Waals surface area contributed by atoms with Crippen LogP contribution in [-0.4, -0.2) is 23.2 Å². The van der Waals surface area contributed by atoms with Gasteiger partial charge < -0.3 is 10.4 Å². The van der Waals surface area contributed by atoms with Gasteiger partial charge in [0, 0.05) is 24.4 Å². The van der Waals surface area contributed by atoms with Crippen LogP contribution in [0.5, 0.6) is 5.75 Å². The lowest BCUT2D eigenvalue weighted by Gasteiger charge is -2.05. The molecule has 1 rings (SSSR count). The van der Waals surface area contributed by atoms with Crippen molar-refractivity contribution in [2.45, 2.75) is 13.5 Å². The lowest BCUT2D eigenvalue weighted by molar-refractivity contribution is 0.465. The summed E-state index contributed by atoms with van der Waals surface area (Å²) in [5, 5.41) is 12.8. The van der Waals surface area contributed by atoms with Gasteiger partial charge >= 0.3 is 0 Å². The minimum absolute atomic E-state index is 0.378. The van der Waals surface area contributed by atoms with Crippen molar-refractivity contribution in [3.05, 3.63) is 29.8 Å². The van der Waals surface area contributed by atoms with E-state index in [1.807, 2.05) is 30.0 Å². The van der Waals surface area contributed by atoms with Crippen LogP contribution in [0.3, 0.4) is 0 Å². The van der Waals surface area contributed by atoms with Crippen LogP contribution in [0.1, 0.15) is 12.5 Å². The van der Waals surface area contributed by atoms with Crippen LogP contribution in [0, 0.1) is 0 Å². The average molecular weight is 211 g/mol. The average Bonchev–Trinajstić information content (AvgIpc) is 2.20. The summed E-state index contributed by atoms with van der Waals surface area (Å²) in [5.41, 5.74) is 0.967. The summed E-state index contributed by atoms with van der Waals surface area (Å²) in [6, 6.07) is 7.44. The first-order valence-electron chi connectivity index (χ1n) is 4.90. The maximum Gasteiger partial charge on any atom is 0.120 e. The number of benzene rings is 1. The second-order valence-corrected chi connectivity index (χ2v) is 4.40. The monoisotopic (exact) mass is 211 g/mol. The molecule has 0 fully saturated rings. The molecule has 0 heterocycles. The Morgan fingerprint density at radius 2 is 2.14 bits per heavy atom. The van der Waals surface area contributed by atoms with Gasteiger partial charge in [-0.1, -0.05) is 25.1 Å². The molecule has 0 aliphatic heterocycles. The molecule has 1 aromatic carbocycles. The number of hydrogen-bond acceptors (Lipinski definition) is 3. The zero-order valence-corrected chi connectivity index (χ0v) is 9.31. The molecule has 2 N–H and O–H groups in total. The lowest BCUT2D eigenvalue weighted by Crippen LogP contribution is -2.16. The highest BCUT2D eigenvalue weighted by molar-refractivity contribution is 7.99. The molecule has 0 amide bonds. The molecule has 0 radical (unpaired) electrons. The first-order valence-corrected chi connectivity index (χ1v) is 6.05. The van der Waals surface area contributed by atoms with E-state index >= 15 is 0 Å². The van der Waals surface area contributed by atoms with E-state index in [0.29, 0.717) is 5.75 Å². The van der Waals surface area contributed by atoms with Crippen molar-refractivity contribution >= 4 is 11.8 Å². The van der Waals surface area contributed by atoms with Crippen LogP contribution in [-0.2, 0) is 6.54 Å². The van der Waals surface area contributed by atoms with Crippen molar-refractivity contribution in [2.75, 3.05) is 18.1 Å². The van der Waals surface area contributed by atoms with Crippen molar-refractivity contribution in [3.63, 3.8) is 0 Å². The molecule has 0 saturated heterocycles. The Balaban J connectivity index is 2.21. The number of thioether (sulfide) groups is 1. The second kappa shape index (κ2) is 6.74. The van der Waals surface area contributed by atoms with E-state index in [1.54, 1.807) is 6.07 Å². The smallest absolute Gasteiger partial charge is 0.120 e. The highest BCUT2D eigenvalue weighted by Crippen LogP contribution is 2.14. The number of para-hydroxylation sites is 1. The summed E-state index contributed by atoms with van der Waals surface area (Å²) in [7, 11) is 0. The summed E-state index contributed by atoms with van der Waals surface area (Å²) in [4.78, 5) is 0. The van der Waals surface area contributed by atoms with Gasteiger partial charge in [0.1, 0.15) is 5.75 Å². The first-order chi connectivity index (χ1) is 6.84. The Bertz CT molecular complexity index is 265. The molecule has 78 valence electrons. The van der Waals surface area contributed by atoms with Crippen LogP contribution in [0.4, 0.5) is 0 Å². The summed E-state index contributed by atoms with van der Waals surface area (Å²) < 4.78 is 0. The highest BCUT2D eigenvalue weighted by Gasteiger charge is 1.97. The summed E-state index contributed by atoms with van der Waals surface area (Å²) in [5.74, 6) is 2.67. The van der Waals surface area contributed by atoms with Crippen molar-refractivity contribution < 1.29 is 5.11 Å². The molecule has 0 unspecified atom stereocenters. The molecule has 2 nitrogen and oxygen atoms in total. The van der Waals surface area contributed by atoms with Gasteiger partial charge in [0.05, 0.1) is 0 Å². The van der Waals surface area contributed by atoms with Crippen LogP contribution in [0.25, 0.3) is 0 Å². The van der Waals surface area contributed by atoms with Crippen LogP contribution in [0.2, 0.25) is 0 Å². The summed E-state index contributed by atoms with van der Waals surface area (Å²) in [6.07, 6.45) is 0. The third kappa shape index (κ3) is 4.03. The first kappa shape index (κ1) is 11.4. The third-order valence-electron chi connectivity index (χ3n) is 1.93. The van der Waals surface area contributed by atoms with Gasteiger partial charge in [0.15, 0.2) is 0 Å². The second-order valence-electron chi connectivity index (χ2n) is 3.00. The van der Waals surface area contributed by atoms with E-state index in [-0.39, 0.29) is 0 Å². The van der Waals surface area contributed by atoms with Gasteiger partial charge in [0.25, 0.3) is 0 Å². The van der Waals surface area contributed by atoms with Gasteiger partial charge in [-0.3, -0.25) is 0 Å². The maximum atomic E-state index is 9.47. The molecular weight excluding hydrogens is 194 g/mol. The summed E-state index contributed by atoms with van der Waals surface area (Å²) in [6.45, 7) is 3.90. The largest absolute Gasteiger partial charge is 0.508 e. The SMILES string of the molecule is CCSCCNCc1ccccc1O. The van der Waals surface area contributed by atoms with E-state index in [4.69, 9.17) is 0 Å². The Labute approximate surface area is 89.7 Å². The van der Waals surface area contributed by atoms with E-state index in [0.717, 1.165) is 30.2 Å². The zero-order valence-electron chi connectivity index (χ0n) is 8.49. The third-order valence-corrected chi connectivity index (χ3v) is 2.84. The molecule has 3 heteroatoms. The van der Waals surface area contributed by atoms with E-state index in [9.17, 15) is 5.11 Å². The van der Waals surface area contributed by atoms with Crippen molar-refractivity contribution in [3.8, 4) is 5.75 Å². The predicted octanol–water partition coefficient (Wildman–Crippen LogP) is 2.23. The molecular formula is C11H17NOS. The Hall–Kier alpha value is -0.670. The van der Waals surface area contributed by atoms with Gasteiger partial charge in [-0.15, -0.1) is 0 Å². The number of phenols is 1. The van der Waals surface area contributed by atoms with E-state index in [2.05, 4.69) is 12.2 Å². The van der Waals surface area contributed by atoms with Gasteiger partial charge in [0.2, 0.25) is 0 Å². The molecule has 0 aromatic heterocycles. The number of phenolic OH excluding ortho intramolecular Hbond substituents is 1. The Morgan fingerprint density at radius 3 is 2.86 bits per heavy atom. The Kier molecular flexibility index (Phi) is 5.49. The van der Waals surface area contributed by atoms with Crippen LogP contribution in [0.15, 0.2) is 24.3 Å². The van der Waals surface area contributed by atoms with Crippen molar-refractivity contribution in [1.29, 1.82) is 0 Å². The minimum atomic E-state index is 0.378. The number of rotatable bonds is 6. The van der Waals surface area contributed by atoms with Gasteiger partial charge in [-0.05, 0) is 11.8 Å². The number of aromatic hydroxyl groups is 1. The fourth-order valence-electron chi connectivity index (χ4n) is 1.17. The lowest BCUT2D eigenvalue weighted by atomic mass is 10.2. The zero-order chi connectivity index (χ0) is 10.2. The quantitative estimate of drug-likeness (QED) is 0.708. The molecule has 0 saturated carbocycles. The molecule has 1 aromatic rings. The molecule has 0 bridgehead atoms. The molecule has 0 atom stereocenters. The molecule has 0 aliphatic carbocycles. The topological polar surface area (TPSA) is 32.3 Å². The standard InChI is InChI=1S/C11H17NOS/c1-2-14-8-7-12-9-10-5-3-4-6-11(10)13/h3-6,12-13H,2,7-9H2,1H3. The summed E-state index contributed by atoms with van der Waals surface area (Å²) >= 11 is 1.92. The molecule has 0 spiro atoms. The van der Waals surface area contributed by atoms with E-state index in [1.165, 1.54) is 0 Å². The maximum absolute atomic E-state index is 9.47. The molecule has 0 aliphatic rings. The predicted molar refractivity (Wildman–Crippen MR) is 62.8 cm³/mol. The van der Waals surface area contributed by atoms with Crippen LogP contribution < -0.4 is 5.32 Å². The highest BCUT2D eigenvalue weighted by atomic mass is 32.2. The fraction of sp³-hybridized carbons (Fsp3) is 0.455. The fourth-order valence-corrected chi connectivity index (χ4v) is 1.75. The number of nitrogens with one attached hydrogen (secondary N) is 1.